The van der Waals surface area contributed by atoms with Crippen LogP contribution < -0.4 is 0 Å². The SMILES string of the molecule is O=C(O)CSCCC(F)=C(F)F. The molecule has 0 saturated carbocycles. The van der Waals surface area contributed by atoms with Gasteiger partial charge in [0.05, 0.1) is 5.75 Å². The van der Waals surface area contributed by atoms with Crippen molar-refractivity contribution in [2.45, 2.75) is 6.42 Å². The van der Waals surface area contributed by atoms with E-state index < -0.39 is 24.3 Å². The molecular formula is C6H7F3O2S. The number of aliphatic carboxylic acids is 1. The van der Waals surface area contributed by atoms with Gasteiger partial charge in [-0.2, -0.15) is 8.78 Å². The first-order valence-corrected chi connectivity index (χ1v) is 4.18. The van der Waals surface area contributed by atoms with Crippen molar-refractivity contribution in [1.82, 2.24) is 0 Å². The smallest absolute Gasteiger partial charge is 0.313 e. The molecule has 0 saturated heterocycles. The molecule has 0 bridgehead atoms. The van der Waals surface area contributed by atoms with Crippen LogP contribution in [0, 0.1) is 0 Å². The predicted octanol–water partition coefficient (Wildman–Crippen LogP) is 2.27. The Kier molecular flexibility index (Phi) is 5.61. The van der Waals surface area contributed by atoms with Gasteiger partial charge in [0.25, 0.3) is 0 Å². The minimum absolute atomic E-state index is 0.0511. The van der Waals surface area contributed by atoms with Crippen molar-refractivity contribution in [2.24, 2.45) is 0 Å². The van der Waals surface area contributed by atoms with Gasteiger partial charge in [0.15, 0.2) is 5.83 Å². The van der Waals surface area contributed by atoms with E-state index in [1.807, 2.05) is 0 Å². The van der Waals surface area contributed by atoms with Crippen LogP contribution in [0.15, 0.2) is 11.9 Å². The summed E-state index contributed by atoms with van der Waals surface area (Å²) in [6.45, 7) is 0. The summed E-state index contributed by atoms with van der Waals surface area (Å²) in [6, 6.07) is 0. The third-order valence-electron chi connectivity index (χ3n) is 0.896. The molecule has 0 amide bonds. The van der Waals surface area contributed by atoms with Gasteiger partial charge in [0, 0.05) is 12.2 Å². The first kappa shape index (κ1) is 11.4. The molecule has 0 atom stereocenters. The summed E-state index contributed by atoms with van der Waals surface area (Å²) in [5.41, 5.74) is 0. The summed E-state index contributed by atoms with van der Waals surface area (Å²) >= 11 is 0.900. The van der Waals surface area contributed by atoms with Crippen LogP contribution in [0.5, 0.6) is 0 Å². The van der Waals surface area contributed by atoms with Crippen molar-refractivity contribution < 1.29 is 23.1 Å². The Morgan fingerprint density at radius 1 is 1.33 bits per heavy atom. The monoisotopic (exact) mass is 200 g/mol. The third kappa shape index (κ3) is 6.09. The molecule has 1 N–H and O–H groups in total. The van der Waals surface area contributed by atoms with Crippen LogP contribution in [-0.4, -0.2) is 22.6 Å². The van der Waals surface area contributed by atoms with Gasteiger partial charge in [-0.15, -0.1) is 11.8 Å². The van der Waals surface area contributed by atoms with Crippen LogP contribution in [0.1, 0.15) is 6.42 Å². The molecule has 0 radical (unpaired) electrons. The molecule has 12 heavy (non-hydrogen) atoms. The molecule has 0 heterocycles. The average molecular weight is 200 g/mol. The van der Waals surface area contributed by atoms with Crippen LogP contribution >= 0.6 is 11.8 Å². The molecule has 6 heteroatoms. The number of hydrogen-bond donors (Lipinski definition) is 1. The minimum atomic E-state index is -2.33. The maximum absolute atomic E-state index is 12.0. The zero-order chi connectivity index (χ0) is 9.56. The Morgan fingerprint density at radius 3 is 2.33 bits per heavy atom. The topological polar surface area (TPSA) is 37.3 Å². The number of thioether (sulfide) groups is 1. The molecular weight excluding hydrogens is 193 g/mol. The van der Waals surface area contributed by atoms with Gasteiger partial charge in [0.1, 0.15) is 0 Å². The van der Waals surface area contributed by atoms with E-state index in [4.69, 9.17) is 5.11 Å². The van der Waals surface area contributed by atoms with Crippen LogP contribution in [0.25, 0.3) is 0 Å². The molecule has 70 valence electrons. The van der Waals surface area contributed by atoms with Crippen molar-refractivity contribution in [3.8, 4) is 0 Å². The molecule has 0 aromatic carbocycles. The molecule has 0 spiro atoms. The normalized spacial score (nSPS) is 9.58. The van der Waals surface area contributed by atoms with Crippen molar-refractivity contribution >= 4 is 17.7 Å². The molecule has 0 aromatic rings. The second-order valence-corrected chi connectivity index (χ2v) is 2.97. The summed E-state index contributed by atoms with van der Waals surface area (Å²) in [5, 5.41) is 8.11. The quantitative estimate of drug-likeness (QED) is 0.692. The summed E-state index contributed by atoms with van der Waals surface area (Å²) in [6.07, 6.45) is -2.74. The molecule has 0 aliphatic rings. The highest BCUT2D eigenvalue weighted by Gasteiger charge is 2.05. The fraction of sp³-hybridized carbons (Fsp3) is 0.500. The minimum Gasteiger partial charge on any atom is -0.481 e. The van der Waals surface area contributed by atoms with E-state index in [0.29, 0.717) is 0 Å². The first-order chi connectivity index (χ1) is 5.54. The molecule has 0 aromatic heterocycles. The zero-order valence-corrected chi connectivity index (χ0v) is 6.84. The molecule has 0 aliphatic heterocycles. The average Bonchev–Trinajstić information content (AvgIpc) is 1.97. The lowest BCUT2D eigenvalue weighted by atomic mass is 10.4. The number of rotatable bonds is 5. The Balaban J connectivity index is 3.45. The van der Waals surface area contributed by atoms with E-state index in [9.17, 15) is 18.0 Å². The van der Waals surface area contributed by atoms with Crippen molar-refractivity contribution in [2.75, 3.05) is 11.5 Å². The molecule has 2 nitrogen and oxygen atoms in total. The third-order valence-corrected chi connectivity index (χ3v) is 1.84. The summed E-state index contributed by atoms with van der Waals surface area (Å²) in [7, 11) is 0. The lowest BCUT2D eigenvalue weighted by Gasteiger charge is -1.95. The number of halogens is 3. The highest BCUT2D eigenvalue weighted by Crippen LogP contribution is 2.15. The lowest BCUT2D eigenvalue weighted by Crippen LogP contribution is -1.98. The number of hydrogen-bond acceptors (Lipinski definition) is 2. The number of carboxylic acids is 1. The Labute approximate surface area is 71.4 Å². The Hall–Kier alpha value is -0.650. The maximum atomic E-state index is 12.0. The van der Waals surface area contributed by atoms with Gasteiger partial charge in [-0.3, -0.25) is 4.79 Å². The van der Waals surface area contributed by atoms with Crippen LogP contribution in [0.3, 0.4) is 0 Å². The van der Waals surface area contributed by atoms with Gasteiger partial charge < -0.3 is 5.11 Å². The van der Waals surface area contributed by atoms with Gasteiger partial charge in [-0.1, -0.05) is 0 Å². The number of carbonyl (C=O) groups is 1. The number of allylic oxidation sites excluding steroid dienone is 1. The van der Waals surface area contributed by atoms with Gasteiger partial charge in [-0.05, 0) is 0 Å². The highest BCUT2D eigenvalue weighted by molar-refractivity contribution is 7.99. The van der Waals surface area contributed by atoms with Crippen molar-refractivity contribution in [3.05, 3.63) is 11.9 Å². The second-order valence-electron chi connectivity index (χ2n) is 1.86. The summed E-state index contributed by atoms with van der Waals surface area (Å²) in [5.74, 6) is -2.64. The van der Waals surface area contributed by atoms with Crippen LogP contribution in [-0.2, 0) is 4.79 Å². The molecule has 0 aliphatic carbocycles. The van der Waals surface area contributed by atoms with Gasteiger partial charge in [-0.25, -0.2) is 4.39 Å². The van der Waals surface area contributed by atoms with E-state index in [-0.39, 0.29) is 11.5 Å². The molecule has 0 unspecified atom stereocenters. The van der Waals surface area contributed by atoms with Gasteiger partial charge >= 0.3 is 12.0 Å². The predicted molar refractivity (Wildman–Crippen MR) is 39.9 cm³/mol. The van der Waals surface area contributed by atoms with Gasteiger partial charge in [0.2, 0.25) is 0 Å². The largest absolute Gasteiger partial charge is 0.481 e. The lowest BCUT2D eigenvalue weighted by molar-refractivity contribution is -0.133. The standard InChI is InChI=1S/C6H7F3O2S/c7-4(6(8)9)1-2-12-3-5(10)11/h1-3H2,(H,10,11). The second kappa shape index (κ2) is 5.93. The zero-order valence-electron chi connectivity index (χ0n) is 6.02. The van der Waals surface area contributed by atoms with Crippen molar-refractivity contribution in [3.63, 3.8) is 0 Å². The molecule has 0 rings (SSSR count). The van der Waals surface area contributed by atoms with E-state index in [1.165, 1.54) is 0 Å². The Morgan fingerprint density at radius 2 is 1.92 bits per heavy atom. The van der Waals surface area contributed by atoms with Crippen LogP contribution in [0.4, 0.5) is 13.2 Å². The van der Waals surface area contributed by atoms with E-state index in [1.54, 1.807) is 0 Å². The van der Waals surface area contributed by atoms with E-state index in [0.717, 1.165) is 11.8 Å². The van der Waals surface area contributed by atoms with Crippen LogP contribution in [0.2, 0.25) is 0 Å². The van der Waals surface area contributed by atoms with E-state index in [2.05, 4.69) is 0 Å². The van der Waals surface area contributed by atoms with E-state index >= 15 is 0 Å². The molecule has 0 fully saturated rings. The Bertz CT molecular complexity index is 189. The van der Waals surface area contributed by atoms with Crippen molar-refractivity contribution in [1.29, 1.82) is 0 Å². The highest BCUT2D eigenvalue weighted by atomic mass is 32.2. The summed E-state index contributed by atoms with van der Waals surface area (Å²) in [4.78, 5) is 9.90. The number of carboxylic acid groups (broad SMARTS) is 1. The maximum Gasteiger partial charge on any atom is 0.313 e. The first-order valence-electron chi connectivity index (χ1n) is 3.03. The fourth-order valence-electron chi connectivity index (χ4n) is 0.416. The summed E-state index contributed by atoms with van der Waals surface area (Å²) < 4.78 is 34.8. The fourth-order valence-corrected chi connectivity index (χ4v) is 1.06.